The molecule has 3 aromatic rings. The molecule has 5 nitrogen and oxygen atoms in total. The van der Waals surface area contributed by atoms with Gasteiger partial charge in [-0.05, 0) is 17.7 Å². The van der Waals surface area contributed by atoms with E-state index in [9.17, 15) is 0 Å². The number of H-pyrrole nitrogens is 1. The van der Waals surface area contributed by atoms with E-state index in [1.165, 1.54) is 0 Å². The molecule has 1 fully saturated rings. The average Bonchev–Trinajstić information content (AvgIpc) is 3.16. The summed E-state index contributed by atoms with van der Waals surface area (Å²) in [6, 6.07) is 10.1. The van der Waals surface area contributed by atoms with Crippen molar-refractivity contribution < 1.29 is 9.47 Å². The Balaban J connectivity index is 1.75. The van der Waals surface area contributed by atoms with Crippen LogP contribution in [0.1, 0.15) is 11.9 Å². The van der Waals surface area contributed by atoms with Crippen LogP contribution >= 0.6 is 0 Å². The molecule has 2 aromatic heterocycles. The van der Waals surface area contributed by atoms with E-state index in [1.807, 2.05) is 24.3 Å². The highest BCUT2D eigenvalue weighted by atomic mass is 16.7. The second-order valence-electron chi connectivity index (χ2n) is 4.67. The van der Waals surface area contributed by atoms with Crippen LogP contribution < -0.4 is 0 Å². The second-order valence-corrected chi connectivity index (χ2v) is 4.67. The molecule has 0 atom stereocenters. The molecule has 20 heavy (non-hydrogen) atoms. The monoisotopic (exact) mass is 267 g/mol. The molecule has 0 spiro atoms. The van der Waals surface area contributed by atoms with Crippen LogP contribution in [-0.2, 0) is 9.47 Å². The van der Waals surface area contributed by atoms with Crippen molar-refractivity contribution in [2.24, 2.45) is 0 Å². The highest BCUT2D eigenvalue weighted by Gasteiger charge is 2.18. The van der Waals surface area contributed by atoms with Crippen LogP contribution in [0.4, 0.5) is 0 Å². The number of fused-ring (bicyclic) bond motifs is 1. The fourth-order valence-corrected chi connectivity index (χ4v) is 2.41. The number of nitrogens with zero attached hydrogens (tertiary/aromatic N) is 2. The number of nitrogens with one attached hydrogen (secondary N) is 1. The maximum Gasteiger partial charge on any atom is 0.184 e. The number of hydrogen-bond acceptors (Lipinski definition) is 4. The molecule has 0 unspecified atom stereocenters. The molecule has 0 aliphatic carbocycles. The third-order valence-electron chi connectivity index (χ3n) is 3.35. The van der Waals surface area contributed by atoms with Crippen molar-refractivity contribution in [1.82, 2.24) is 15.0 Å². The molecule has 1 N–H and O–H groups in total. The van der Waals surface area contributed by atoms with Crippen molar-refractivity contribution in [2.75, 3.05) is 13.2 Å². The minimum absolute atomic E-state index is 0.254. The lowest BCUT2D eigenvalue weighted by molar-refractivity contribution is -0.0440. The van der Waals surface area contributed by atoms with Gasteiger partial charge in [-0.15, -0.1) is 0 Å². The maximum atomic E-state index is 5.53. The number of ether oxygens (including phenoxy) is 2. The first-order chi connectivity index (χ1) is 9.90. The lowest BCUT2D eigenvalue weighted by Gasteiger charge is -2.10. The molecule has 0 amide bonds. The zero-order valence-corrected chi connectivity index (χ0v) is 10.7. The predicted octanol–water partition coefficient (Wildman–Crippen LogP) is 2.67. The lowest BCUT2D eigenvalue weighted by Crippen LogP contribution is -1.97. The summed E-state index contributed by atoms with van der Waals surface area (Å²) in [6.07, 6.45) is 3.12. The summed E-state index contributed by atoms with van der Waals surface area (Å²) < 4.78 is 11.1. The first-order valence-electron chi connectivity index (χ1n) is 6.53. The Hall–Kier alpha value is -2.24. The van der Waals surface area contributed by atoms with E-state index < -0.39 is 0 Å². The van der Waals surface area contributed by atoms with Gasteiger partial charge in [0, 0.05) is 23.7 Å². The van der Waals surface area contributed by atoms with Gasteiger partial charge in [0.15, 0.2) is 11.9 Å². The van der Waals surface area contributed by atoms with Gasteiger partial charge in [0.1, 0.15) is 5.52 Å². The molecule has 0 radical (unpaired) electrons. The zero-order valence-electron chi connectivity index (χ0n) is 10.7. The minimum Gasteiger partial charge on any atom is -0.346 e. The van der Waals surface area contributed by atoms with E-state index in [0.717, 1.165) is 28.0 Å². The van der Waals surface area contributed by atoms with Gasteiger partial charge >= 0.3 is 0 Å². The van der Waals surface area contributed by atoms with Crippen molar-refractivity contribution in [3.63, 3.8) is 0 Å². The first kappa shape index (κ1) is 11.6. The van der Waals surface area contributed by atoms with Crippen LogP contribution in [0.15, 0.2) is 42.7 Å². The smallest absolute Gasteiger partial charge is 0.184 e. The van der Waals surface area contributed by atoms with Crippen LogP contribution in [0, 0.1) is 0 Å². The highest BCUT2D eigenvalue weighted by molar-refractivity contribution is 5.79. The summed E-state index contributed by atoms with van der Waals surface area (Å²) in [5.41, 5.74) is 4.74. The molecular formula is C15H13N3O2. The Labute approximate surface area is 115 Å². The molecule has 1 saturated heterocycles. The van der Waals surface area contributed by atoms with Crippen LogP contribution in [0.25, 0.3) is 22.4 Å². The summed E-state index contributed by atoms with van der Waals surface area (Å²) in [6.45, 7) is 1.30. The first-order valence-corrected chi connectivity index (χ1v) is 6.53. The van der Waals surface area contributed by atoms with Gasteiger partial charge in [-0.2, -0.15) is 0 Å². The molecule has 1 aliphatic rings. The summed E-state index contributed by atoms with van der Waals surface area (Å²) in [5.74, 6) is 0. The van der Waals surface area contributed by atoms with Crippen molar-refractivity contribution in [3.8, 4) is 11.3 Å². The second kappa shape index (κ2) is 4.70. The van der Waals surface area contributed by atoms with Gasteiger partial charge in [0.25, 0.3) is 0 Å². The lowest BCUT2D eigenvalue weighted by atomic mass is 10.1. The number of aromatic amines is 1. The van der Waals surface area contributed by atoms with Gasteiger partial charge in [-0.3, -0.25) is 4.98 Å². The Morgan fingerprint density at radius 2 is 1.90 bits per heavy atom. The summed E-state index contributed by atoms with van der Waals surface area (Å²) in [7, 11) is 0. The Bertz CT molecular complexity index is 714. The number of aromatic nitrogens is 3. The van der Waals surface area contributed by atoms with Crippen LogP contribution in [0.5, 0.6) is 0 Å². The predicted molar refractivity (Wildman–Crippen MR) is 74.0 cm³/mol. The van der Waals surface area contributed by atoms with Crippen molar-refractivity contribution in [3.05, 3.63) is 48.3 Å². The third-order valence-corrected chi connectivity index (χ3v) is 3.35. The quantitative estimate of drug-likeness (QED) is 0.775. The van der Waals surface area contributed by atoms with E-state index in [2.05, 4.69) is 21.0 Å². The molecular weight excluding hydrogens is 254 g/mol. The molecule has 4 rings (SSSR count). The largest absolute Gasteiger partial charge is 0.346 e. The standard InChI is InChI=1S/C15H13N3O2/c1-2-10(8-11(3-1)15-19-6-7-20-15)12-9-13-14(18-12)17-5-4-16-13/h1-5,8-9,15H,6-7H2,(H,17,18). The minimum atomic E-state index is -0.254. The van der Waals surface area contributed by atoms with Crippen molar-refractivity contribution >= 4 is 11.2 Å². The van der Waals surface area contributed by atoms with E-state index in [0.29, 0.717) is 13.2 Å². The fourth-order valence-electron chi connectivity index (χ4n) is 2.41. The number of rotatable bonds is 2. The van der Waals surface area contributed by atoms with E-state index in [4.69, 9.17) is 9.47 Å². The third kappa shape index (κ3) is 1.97. The summed E-state index contributed by atoms with van der Waals surface area (Å²) >= 11 is 0. The maximum absolute atomic E-state index is 5.53. The van der Waals surface area contributed by atoms with Gasteiger partial charge in [0.2, 0.25) is 0 Å². The summed E-state index contributed by atoms with van der Waals surface area (Å²) in [5, 5.41) is 0. The van der Waals surface area contributed by atoms with Gasteiger partial charge < -0.3 is 14.5 Å². The van der Waals surface area contributed by atoms with E-state index >= 15 is 0 Å². The molecule has 1 aromatic carbocycles. The molecule has 0 saturated carbocycles. The molecule has 1 aliphatic heterocycles. The van der Waals surface area contributed by atoms with Crippen LogP contribution in [0.2, 0.25) is 0 Å². The van der Waals surface area contributed by atoms with Gasteiger partial charge in [0.05, 0.1) is 13.2 Å². The summed E-state index contributed by atoms with van der Waals surface area (Å²) in [4.78, 5) is 11.8. The number of benzene rings is 1. The zero-order chi connectivity index (χ0) is 13.4. The van der Waals surface area contributed by atoms with Crippen molar-refractivity contribution in [1.29, 1.82) is 0 Å². The molecule has 3 heterocycles. The van der Waals surface area contributed by atoms with E-state index in [1.54, 1.807) is 12.4 Å². The Morgan fingerprint density at radius 3 is 2.75 bits per heavy atom. The Morgan fingerprint density at radius 1 is 1.05 bits per heavy atom. The molecule has 0 bridgehead atoms. The van der Waals surface area contributed by atoms with Gasteiger partial charge in [-0.1, -0.05) is 18.2 Å². The molecule has 5 heteroatoms. The number of hydrogen-bond donors (Lipinski definition) is 1. The van der Waals surface area contributed by atoms with Gasteiger partial charge in [-0.25, -0.2) is 4.98 Å². The van der Waals surface area contributed by atoms with Crippen molar-refractivity contribution in [2.45, 2.75) is 6.29 Å². The van der Waals surface area contributed by atoms with E-state index in [-0.39, 0.29) is 6.29 Å². The average molecular weight is 267 g/mol. The van der Waals surface area contributed by atoms with Crippen LogP contribution in [0.3, 0.4) is 0 Å². The SMILES string of the molecule is c1cc(-c2cc3nccnc3[nH]2)cc(C2OCCO2)c1. The highest BCUT2D eigenvalue weighted by Crippen LogP contribution is 2.28. The fraction of sp³-hybridized carbons (Fsp3) is 0.200. The molecule has 100 valence electrons. The van der Waals surface area contributed by atoms with Crippen LogP contribution in [-0.4, -0.2) is 28.2 Å². The normalized spacial score (nSPS) is 16.0. The topological polar surface area (TPSA) is 60.0 Å². The Kier molecular flexibility index (Phi) is 2.72.